The average molecular weight is 463 g/mol. The van der Waals surface area contributed by atoms with E-state index in [1.807, 2.05) is 4.90 Å². The van der Waals surface area contributed by atoms with E-state index in [9.17, 15) is 19.5 Å². The predicted octanol–water partition coefficient (Wildman–Crippen LogP) is -0.364. The lowest BCUT2D eigenvalue weighted by atomic mass is 9.75. The van der Waals surface area contributed by atoms with Gasteiger partial charge in [-0.15, -0.1) is 0 Å². The molecule has 2 aliphatic rings. The van der Waals surface area contributed by atoms with Crippen LogP contribution in [0.3, 0.4) is 0 Å². The zero-order valence-electron chi connectivity index (χ0n) is 19.6. The van der Waals surface area contributed by atoms with Crippen molar-refractivity contribution in [1.82, 2.24) is 23.6 Å². The highest BCUT2D eigenvalue weighted by atomic mass is 16.5. The van der Waals surface area contributed by atoms with Gasteiger partial charge in [-0.3, -0.25) is 18.7 Å². The number of unbranched alkanes of at least 4 members (excludes halogenated alkanes) is 1. The van der Waals surface area contributed by atoms with E-state index in [0.29, 0.717) is 45.3 Å². The number of likely N-dealkylation sites (tertiary alicyclic amines) is 1. The summed E-state index contributed by atoms with van der Waals surface area (Å²) in [4.78, 5) is 43.7. The number of carbonyl (C=O) groups excluding carboxylic acids is 1. The Hall–Kier alpha value is -2.50. The van der Waals surface area contributed by atoms with Crippen LogP contribution in [0.5, 0.6) is 0 Å². The molecule has 2 fully saturated rings. The summed E-state index contributed by atoms with van der Waals surface area (Å²) in [5.74, 6) is 0.144. The van der Waals surface area contributed by atoms with Crippen LogP contribution in [0.25, 0.3) is 11.2 Å². The number of imidazole rings is 1. The van der Waals surface area contributed by atoms with Crippen molar-refractivity contribution in [3.8, 4) is 0 Å². The normalized spacial score (nSPS) is 25.1. The van der Waals surface area contributed by atoms with E-state index in [0.717, 1.165) is 17.4 Å². The maximum absolute atomic E-state index is 12.8. The highest BCUT2D eigenvalue weighted by molar-refractivity contribution is 5.76. The smallest absolute Gasteiger partial charge is 0.332 e. The van der Waals surface area contributed by atoms with Crippen LogP contribution < -0.4 is 17.0 Å². The molecule has 0 saturated carbocycles. The zero-order valence-corrected chi connectivity index (χ0v) is 19.6. The number of aliphatic hydroxyl groups is 1. The summed E-state index contributed by atoms with van der Waals surface area (Å²) in [5, 5.41) is 11.5. The van der Waals surface area contributed by atoms with Crippen LogP contribution in [-0.2, 0) is 23.6 Å². The number of carbonyl (C=O) groups is 1. The lowest BCUT2D eigenvalue weighted by Crippen LogP contribution is -2.58. The molecule has 4 rings (SSSR count). The second kappa shape index (κ2) is 8.69. The number of rotatable bonds is 5. The third-order valence-electron chi connectivity index (χ3n) is 7.33. The lowest BCUT2D eigenvalue weighted by Gasteiger charge is -2.51. The Balaban J connectivity index is 1.52. The molecule has 3 N–H and O–H groups in total. The molecule has 0 unspecified atom stereocenters. The molecule has 11 heteroatoms. The summed E-state index contributed by atoms with van der Waals surface area (Å²) >= 11 is 0. The first-order valence-corrected chi connectivity index (χ1v) is 11.6. The van der Waals surface area contributed by atoms with Crippen LogP contribution in [0.2, 0.25) is 0 Å². The SMILES string of the molecule is Cn1c(=O)c2c(ncn2[C@@H]2COC3(CCN(C(=O)CCCCN)CC3)C[C@@]2(C)O)n(C)c1=O. The molecule has 182 valence electrons. The quantitative estimate of drug-likeness (QED) is 0.579. The molecule has 2 aromatic heterocycles. The molecule has 11 nitrogen and oxygen atoms in total. The number of aryl methyl sites for hydroxylation is 1. The summed E-state index contributed by atoms with van der Waals surface area (Å²) in [6.07, 6.45) is 5.33. The number of piperidine rings is 1. The maximum atomic E-state index is 12.8. The lowest BCUT2D eigenvalue weighted by molar-refractivity contribution is -0.196. The first-order chi connectivity index (χ1) is 15.6. The summed E-state index contributed by atoms with van der Waals surface area (Å²) in [5.41, 5.74) is 3.47. The third-order valence-corrected chi connectivity index (χ3v) is 7.33. The molecule has 0 aliphatic carbocycles. The minimum Gasteiger partial charge on any atom is -0.388 e. The van der Waals surface area contributed by atoms with Crippen LogP contribution in [0, 0.1) is 0 Å². The second-order valence-corrected chi connectivity index (χ2v) is 9.70. The van der Waals surface area contributed by atoms with Crippen LogP contribution in [0.15, 0.2) is 15.9 Å². The fourth-order valence-electron chi connectivity index (χ4n) is 5.30. The first kappa shape index (κ1) is 23.7. The molecule has 0 bridgehead atoms. The standard InChI is InChI=1S/C22H34N6O5/c1-21(32)13-22(7-10-27(11-8-22)16(29)6-4-5-9-23)33-12-15(21)28-14-24-18-17(28)19(30)26(3)20(31)25(18)2/h14-15,32H,4-13,23H2,1-3H3/t15-,21-/m1/s1. The van der Waals surface area contributed by atoms with E-state index < -0.39 is 28.5 Å². The number of fused-ring (bicyclic) bond motifs is 1. The zero-order chi connectivity index (χ0) is 24.0. The van der Waals surface area contributed by atoms with Crippen molar-refractivity contribution < 1.29 is 14.6 Å². The second-order valence-electron chi connectivity index (χ2n) is 9.70. The molecule has 4 heterocycles. The van der Waals surface area contributed by atoms with Gasteiger partial charge in [0, 0.05) is 40.0 Å². The van der Waals surface area contributed by atoms with Crippen LogP contribution in [0.4, 0.5) is 0 Å². The number of nitrogens with two attached hydrogens (primary N) is 1. The van der Waals surface area contributed by atoms with Crippen LogP contribution in [0.1, 0.15) is 51.5 Å². The number of ether oxygens (including phenoxy) is 1. The van der Waals surface area contributed by atoms with Gasteiger partial charge in [-0.1, -0.05) is 0 Å². The van der Waals surface area contributed by atoms with E-state index in [2.05, 4.69) is 4.98 Å². The molecule has 2 saturated heterocycles. The van der Waals surface area contributed by atoms with Gasteiger partial charge in [-0.05, 0) is 39.2 Å². The van der Waals surface area contributed by atoms with Gasteiger partial charge in [0.2, 0.25) is 5.91 Å². The minimum atomic E-state index is -1.17. The summed E-state index contributed by atoms with van der Waals surface area (Å²) < 4.78 is 10.3. The van der Waals surface area contributed by atoms with Crippen molar-refractivity contribution >= 4 is 17.1 Å². The Morgan fingerprint density at radius 3 is 2.58 bits per heavy atom. The molecule has 2 aliphatic heterocycles. The number of hydrogen-bond acceptors (Lipinski definition) is 7. The van der Waals surface area contributed by atoms with Gasteiger partial charge in [-0.25, -0.2) is 9.78 Å². The Bertz CT molecular complexity index is 1150. The summed E-state index contributed by atoms with van der Waals surface area (Å²) in [7, 11) is 2.99. The van der Waals surface area contributed by atoms with Gasteiger partial charge < -0.3 is 25.0 Å². The molecule has 2 aromatic rings. The fourth-order valence-corrected chi connectivity index (χ4v) is 5.30. The van der Waals surface area contributed by atoms with Gasteiger partial charge in [-0.2, -0.15) is 0 Å². The van der Waals surface area contributed by atoms with Gasteiger partial charge in [0.15, 0.2) is 11.2 Å². The fraction of sp³-hybridized carbons (Fsp3) is 0.727. The minimum absolute atomic E-state index is 0.144. The van der Waals surface area contributed by atoms with Crippen LogP contribution >= 0.6 is 0 Å². The summed E-state index contributed by atoms with van der Waals surface area (Å²) in [6.45, 7) is 3.74. The van der Waals surface area contributed by atoms with Gasteiger partial charge in [0.1, 0.15) is 0 Å². The van der Waals surface area contributed by atoms with Crippen molar-refractivity contribution in [2.45, 2.75) is 62.7 Å². The monoisotopic (exact) mass is 462 g/mol. The van der Waals surface area contributed by atoms with Crippen molar-refractivity contribution in [1.29, 1.82) is 0 Å². The average Bonchev–Trinajstić information content (AvgIpc) is 3.21. The van der Waals surface area contributed by atoms with Crippen molar-refractivity contribution in [2.24, 2.45) is 19.8 Å². The Kier molecular flexibility index (Phi) is 6.23. The first-order valence-electron chi connectivity index (χ1n) is 11.6. The molecule has 1 spiro atoms. The molecule has 1 amide bonds. The third kappa shape index (κ3) is 4.13. The summed E-state index contributed by atoms with van der Waals surface area (Å²) in [6, 6.07) is -0.533. The number of hydrogen-bond donors (Lipinski definition) is 2. The largest absolute Gasteiger partial charge is 0.388 e. The highest BCUT2D eigenvalue weighted by Gasteiger charge is 2.50. The van der Waals surface area contributed by atoms with Crippen molar-refractivity contribution in [3.05, 3.63) is 27.2 Å². The van der Waals surface area contributed by atoms with E-state index in [4.69, 9.17) is 10.5 Å². The number of nitrogens with zero attached hydrogens (tertiary/aromatic N) is 5. The van der Waals surface area contributed by atoms with E-state index >= 15 is 0 Å². The molecular formula is C22H34N6O5. The molecule has 0 radical (unpaired) electrons. The number of aromatic nitrogens is 4. The molecule has 0 aromatic carbocycles. The van der Waals surface area contributed by atoms with Gasteiger partial charge >= 0.3 is 5.69 Å². The maximum Gasteiger partial charge on any atom is 0.332 e. The van der Waals surface area contributed by atoms with E-state index in [-0.39, 0.29) is 23.7 Å². The van der Waals surface area contributed by atoms with Gasteiger partial charge in [0.25, 0.3) is 5.56 Å². The van der Waals surface area contributed by atoms with Crippen molar-refractivity contribution in [3.63, 3.8) is 0 Å². The topological polar surface area (TPSA) is 138 Å². The van der Waals surface area contributed by atoms with Crippen molar-refractivity contribution in [2.75, 3.05) is 26.2 Å². The Morgan fingerprint density at radius 2 is 1.94 bits per heavy atom. The predicted molar refractivity (Wildman–Crippen MR) is 122 cm³/mol. The Labute approximate surface area is 191 Å². The van der Waals surface area contributed by atoms with E-state index in [1.165, 1.54) is 17.9 Å². The molecule has 33 heavy (non-hydrogen) atoms. The number of amides is 1. The van der Waals surface area contributed by atoms with Crippen LogP contribution in [-0.4, -0.2) is 72.0 Å². The molecule has 2 atom stereocenters. The Morgan fingerprint density at radius 1 is 1.24 bits per heavy atom. The molecular weight excluding hydrogens is 428 g/mol. The van der Waals surface area contributed by atoms with Gasteiger partial charge in [0.05, 0.1) is 30.2 Å². The van der Waals surface area contributed by atoms with E-state index in [1.54, 1.807) is 18.5 Å². The highest BCUT2D eigenvalue weighted by Crippen LogP contribution is 2.44.